The van der Waals surface area contributed by atoms with Gasteiger partial charge < -0.3 is 9.47 Å². The number of hydrogen-bond donors (Lipinski definition) is 1. The van der Waals surface area contributed by atoms with Crippen molar-refractivity contribution in [1.82, 2.24) is 4.83 Å². The largest absolute Gasteiger partial charge is 0.497 e. The summed E-state index contributed by atoms with van der Waals surface area (Å²) in [4.78, 5) is 2.29. The zero-order valence-electron chi connectivity index (χ0n) is 12.9. The van der Waals surface area contributed by atoms with E-state index in [0.29, 0.717) is 18.1 Å². The van der Waals surface area contributed by atoms with Crippen LogP contribution in [-0.4, -0.2) is 28.3 Å². The molecule has 122 valence electrons. The second-order valence-corrected chi connectivity index (χ2v) is 6.19. The van der Waals surface area contributed by atoms with Gasteiger partial charge in [-0.05, 0) is 48.9 Å². The molecule has 23 heavy (non-hydrogen) atoms. The van der Waals surface area contributed by atoms with Crippen molar-refractivity contribution in [3.8, 4) is 11.5 Å². The summed E-state index contributed by atoms with van der Waals surface area (Å²) in [5, 5.41) is 3.77. The molecule has 0 heterocycles. The highest BCUT2D eigenvalue weighted by atomic mass is 32.2. The SMILES string of the molecule is CCOc1ccc(S(=O)(=O)N/N=C\c2cccc(OC)c2)cc1. The summed E-state index contributed by atoms with van der Waals surface area (Å²) in [6.45, 7) is 2.38. The molecule has 0 unspecified atom stereocenters. The molecule has 0 radical (unpaired) electrons. The number of nitrogens with zero attached hydrogens (tertiary/aromatic N) is 1. The summed E-state index contributed by atoms with van der Waals surface area (Å²) in [7, 11) is -2.15. The molecule has 0 aliphatic heterocycles. The van der Waals surface area contributed by atoms with Gasteiger partial charge in [0.15, 0.2) is 0 Å². The van der Waals surface area contributed by atoms with Gasteiger partial charge in [0.2, 0.25) is 0 Å². The van der Waals surface area contributed by atoms with Gasteiger partial charge in [0, 0.05) is 0 Å². The predicted octanol–water partition coefficient (Wildman–Crippen LogP) is 2.41. The first kappa shape index (κ1) is 16.8. The maximum absolute atomic E-state index is 12.1. The number of sulfonamides is 1. The van der Waals surface area contributed by atoms with E-state index in [1.807, 2.05) is 6.92 Å². The Morgan fingerprint density at radius 2 is 1.87 bits per heavy atom. The number of benzene rings is 2. The van der Waals surface area contributed by atoms with Crippen molar-refractivity contribution in [3.05, 3.63) is 54.1 Å². The lowest BCUT2D eigenvalue weighted by atomic mass is 10.2. The predicted molar refractivity (Wildman–Crippen MR) is 88.5 cm³/mol. The van der Waals surface area contributed by atoms with E-state index in [9.17, 15) is 8.42 Å². The van der Waals surface area contributed by atoms with E-state index in [2.05, 4.69) is 9.93 Å². The molecule has 0 saturated heterocycles. The van der Waals surface area contributed by atoms with Gasteiger partial charge in [0.05, 0.1) is 24.8 Å². The minimum Gasteiger partial charge on any atom is -0.497 e. The Hall–Kier alpha value is -2.54. The van der Waals surface area contributed by atoms with E-state index in [1.54, 1.807) is 43.5 Å². The van der Waals surface area contributed by atoms with Crippen LogP contribution in [0.1, 0.15) is 12.5 Å². The third kappa shape index (κ3) is 4.72. The fourth-order valence-electron chi connectivity index (χ4n) is 1.83. The molecule has 0 bridgehead atoms. The van der Waals surface area contributed by atoms with Gasteiger partial charge in [0.25, 0.3) is 10.0 Å². The van der Waals surface area contributed by atoms with Crippen molar-refractivity contribution in [1.29, 1.82) is 0 Å². The topological polar surface area (TPSA) is 77.0 Å². The lowest BCUT2D eigenvalue weighted by Crippen LogP contribution is -2.18. The van der Waals surface area contributed by atoms with Gasteiger partial charge in [-0.2, -0.15) is 13.5 Å². The highest BCUT2D eigenvalue weighted by Gasteiger charge is 2.12. The van der Waals surface area contributed by atoms with Gasteiger partial charge in [-0.3, -0.25) is 0 Å². The smallest absolute Gasteiger partial charge is 0.276 e. The molecule has 1 N–H and O–H groups in total. The number of hydrazone groups is 1. The summed E-state index contributed by atoms with van der Waals surface area (Å²) in [6, 6.07) is 13.3. The Bertz CT molecular complexity index is 771. The Balaban J connectivity index is 2.07. The number of hydrogen-bond acceptors (Lipinski definition) is 5. The van der Waals surface area contributed by atoms with Crippen LogP contribution in [0.15, 0.2) is 58.5 Å². The fourth-order valence-corrected chi connectivity index (χ4v) is 2.62. The summed E-state index contributed by atoms with van der Waals surface area (Å²) in [6.07, 6.45) is 1.41. The van der Waals surface area contributed by atoms with Crippen LogP contribution in [0.5, 0.6) is 11.5 Å². The van der Waals surface area contributed by atoms with Gasteiger partial charge in [-0.1, -0.05) is 12.1 Å². The monoisotopic (exact) mass is 334 g/mol. The molecule has 0 amide bonds. The lowest BCUT2D eigenvalue weighted by molar-refractivity contribution is 0.340. The first-order valence-electron chi connectivity index (χ1n) is 6.97. The zero-order valence-corrected chi connectivity index (χ0v) is 13.7. The lowest BCUT2D eigenvalue weighted by Gasteiger charge is -2.06. The molecule has 7 heteroatoms. The maximum atomic E-state index is 12.1. The van der Waals surface area contributed by atoms with Crippen LogP contribution >= 0.6 is 0 Å². The summed E-state index contributed by atoms with van der Waals surface area (Å²) in [5.41, 5.74) is 0.721. The minimum atomic E-state index is -3.71. The fraction of sp³-hybridized carbons (Fsp3) is 0.188. The van der Waals surface area contributed by atoms with Crippen molar-refractivity contribution in [2.24, 2.45) is 5.10 Å². The van der Waals surface area contributed by atoms with Crippen LogP contribution < -0.4 is 14.3 Å². The Morgan fingerprint density at radius 1 is 1.13 bits per heavy atom. The van der Waals surface area contributed by atoms with Gasteiger partial charge >= 0.3 is 0 Å². The summed E-state index contributed by atoms with van der Waals surface area (Å²) in [5.74, 6) is 1.29. The molecule has 0 saturated carbocycles. The molecule has 0 aliphatic carbocycles. The first-order chi connectivity index (χ1) is 11.0. The second-order valence-electron chi connectivity index (χ2n) is 4.53. The number of methoxy groups -OCH3 is 1. The van der Waals surface area contributed by atoms with Crippen molar-refractivity contribution in [2.45, 2.75) is 11.8 Å². The highest BCUT2D eigenvalue weighted by molar-refractivity contribution is 7.89. The molecule has 0 atom stereocenters. The number of nitrogens with one attached hydrogen (secondary N) is 1. The number of rotatable bonds is 7. The first-order valence-corrected chi connectivity index (χ1v) is 8.45. The quantitative estimate of drug-likeness (QED) is 0.623. The molecule has 0 fully saturated rings. The van der Waals surface area contributed by atoms with E-state index in [4.69, 9.17) is 9.47 Å². The average molecular weight is 334 g/mol. The van der Waals surface area contributed by atoms with E-state index < -0.39 is 10.0 Å². The van der Waals surface area contributed by atoms with Crippen LogP contribution in [0, 0.1) is 0 Å². The van der Waals surface area contributed by atoms with E-state index in [1.165, 1.54) is 18.3 Å². The van der Waals surface area contributed by atoms with Crippen molar-refractivity contribution < 1.29 is 17.9 Å². The molecular weight excluding hydrogens is 316 g/mol. The molecule has 0 aromatic heterocycles. The minimum absolute atomic E-state index is 0.115. The Kier molecular flexibility index (Phi) is 5.59. The van der Waals surface area contributed by atoms with Crippen molar-refractivity contribution >= 4 is 16.2 Å². The van der Waals surface area contributed by atoms with Crippen LogP contribution in [0.2, 0.25) is 0 Å². The van der Waals surface area contributed by atoms with Crippen molar-refractivity contribution in [3.63, 3.8) is 0 Å². The van der Waals surface area contributed by atoms with Crippen LogP contribution in [0.4, 0.5) is 0 Å². The van der Waals surface area contributed by atoms with E-state index in [-0.39, 0.29) is 4.90 Å². The molecule has 2 rings (SSSR count). The third-order valence-electron chi connectivity index (χ3n) is 2.93. The molecule has 0 spiro atoms. The van der Waals surface area contributed by atoms with Crippen LogP contribution in [-0.2, 0) is 10.0 Å². The molecular formula is C16H18N2O4S. The Morgan fingerprint density at radius 3 is 2.52 bits per heavy atom. The van der Waals surface area contributed by atoms with Crippen molar-refractivity contribution in [2.75, 3.05) is 13.7 Å². The molecule has 6 nitrogen and oxygen atoms in total. The Labute approximate surface area is 135 Å². The summed E-state index contributed by atoms with van der Waals surface area (Å²) < 4.78 is 34.6. The van der Waals surface area contributed by atoms with Crippen LogP contribution in [0.3, 0.4) is 0 Å². The number of ether oxygens (including phenoxy) is 2. The standard InChI is InChI=1S/C16H18N2O4S/c1-3-22-14-7-9-16(10-8-14)23(19,20)18-17-12-13-5-4-6-15(11-13)21-2/h4-12,18H,3H2,1-2H3/b17-12-. The zero-order chi connectivity index (χ0) is 16.7. The second kappa shape index (κ2) is 7.64. The molecule has 2 aromatic carbocycles. The highest BCUT2D eigenvalue weighted by Crippen LogP contribution is 2.16. The third-order valence-corrected chi connectivity index (χ3v) is 4.16. The van der Waals surface area contributed by atoms with Gasteiger partial charge in [-0.15, -0.1) is 0 Å². The van der Waals surface area contributed by atoms with Gasteiger partial charge in [-0.25, -0.2) is 4.83 Å². The van der Waals surface area contributed by atoms with E-state index in [0.717, 1.165) is 5.56 Å². The molecule has 2 aromatic rings. The normalized spacial score (nSPS) is 11.4. The van der Waals surface area contributed by atoms with E-state index >= 15 is 0 Å². The maximum Gasteiger partial charge on any atom is 0.276 e. The molecule has 0 aliphatic rings. The van der Waals surface area contributed by atoms with Crippen LogP contribution in [0.25, 0.3) is 0 Å². The summed E-state index contributed by atoms with van der Waals surface area (Å²) >= 11 is 0. The van der Waals surface area contributed by atoms with Gasteiger partial charge in [0.1, 0.15) is 11.5 Å². The average Bonchev–Trinajstić information content (AvgIpc) is 2.56.